The van der Waals surface area contributed by atoms with E-state index >= 15 is 0 Å². The fraction of sp³-hybridized carbons (Fsp3) is 0.615. The van der Waals surface area contributed by atoms with Crippen LogP contribution in [0, 0.1) is 0 Å². The minimum Gasteiger partial charge on any atom is -0.329 e. The van der Waals surface area contributed by atoms with Gasteiger partial charge in [-0.05, 0) is 25.0 Å². The van der Waals surface area contributed by atoms with Gasteiger partial charge in [0, 0.05) is 32.4 Å². The Hall–Kier alpha value is -1.02. The Morgan fingerprint density at radius 3 is 2.90 bits per heavy atom. The van der Waals surface area contributed by atoms with Crippen LogP contribution in [0.3, 0.4) is 0 Å². The molecule has 1 fully saturated rings. The first kappa shape index (κ1) is 15.4. The lowest BCUT2D eigenvalue weighted by atomic mass is 10.1. The highest BCUT2D eigenvalue weighted by Gasteiger charge is 2.34. The highest BCUT2D eigenvalue weighted by atomic mass is 32.2. The third kappa shape index (κ3) is 3.35. The maximum atomic E-state index is 12.6. The summed E-state index contributed by atoms with van der Waals surface area (Å²) in [5.74, 6) is 0. The van der Waals surface area contributed by atoms with Gasteiger partial charge in [0.05, 0.1) is 12.2 Å². The average Bonchev–Trinajstić information content (AvgIpc) is 2.48. The third-order valence-corrected chi connectivity index (χ3v) is 5.64. The van der Waals surface area contributed by atoms with Gasteiger partial charge in [-0.3, -0.25) is 4.98 Å². The van der Waals surface area contributed by atoms with E-state index in [2.05, 4.69) is 4.98 Å². The summed E-state index contributed by atoms with van der Waals surface area (Å²) >= 11 is 0. The number of aromatic nitrogens is 1. The summed E-state index contributed by atoms with van der Waals surface area (Å²) in [6.45, 7) is 1.20. The lowest BCUT2D eigenvalue weighted by molar-refractivity contribution is 0.239. The van der Waals surface area contributed by atoms with Gasteiger partial charge in [-0.2, -0.15) is 17.0 Å². The number of hydrogen-bond acceptors (Lipinski definition) is 4. The van der Waals surface area contributed by atoms with Gasteiger partial charge in [-0.15, -0.1) is 0 Å². The average molecular weight is 298 g/mol. The predicted octanol–water partition coefficient (Wildman–Crippen LogP) is 0.571. The Morgan fingerprint density at radius 2 is 2.25 bits per heavy atom. The topological polar surface area (TPSA) is 79.5 Å². The number of rotatable bonds is 5. The lowest BCUT2D eigenvalue weighted by Crippen LogP contribution is -2.51. The fourth-order valence-corrected chi connectivity index (χ4v) is 4.08. The van der Waals surface area contributed by atoms with Gasteiger partial charge in [0.2, 0.25) is 0 Å². The number of hydrogen-bond donors (Lipinski definition) is 1. The zero-order valence-electron chi connectivity index (χ0n) is 11.8. The van der Waals surface area contributed by atoms with Crippen molar-refractivity contribution in [3.8, 4) is 0 Å². The van der Waals surface area contributed by atoms with E-state index in [4.69, 9.17) is 5.73 Å². The molecule has 6 nitrogen and oxygen atoms in total. The summed E-state index contributed by atoms with van der Waals surface area (Å²) in [6, 6.07) is 5.40. The van der Waals surface area contributed by atoms with E-state index < -0.39 is 10.2 Å². The van der Waals surface area contributed by atoms with Gasteiger partial charge >= 0.3 is 0 Å². The fourth-order valence-electron chi connectivity index (χ4n) is 2.49. The number of nitrogens with two attached hydrogens (primary N) is 1. The monoisotopic (exact) mass is 298 g/mol. The smallest absolute Gasteiger partial charge is 0.282 e. The molecule has 0 aromatic carbocycles. The first-order chi connectivity index (χ1) is 9.55. The molecule has 20 heavy (non-hydrogen) atoms. The Bertz CT molecular complexity index is 520. The van der Waals surface area contributed by atoms with Crippen LogP contribution in [-0.4, -0.2) is 48.2 Å². The molecule has 2 rings (SSSR count). The zero-order valence-corrected chi connectivity index (χ0v) is 12.6. The van der Waals surface area contributed by atoms with Gasteiger partial charge in [-0.25, -0.2) is 0 Å². The van der Waals surface area contributed by atoms with Crippen molar-refractivity contribution in [2.45, 2.75) is 31.8 Å². The van der Waals surface area contributed by atoms with Gasteiger partial charge in [0.25, 0.3) is 10.2 Å². The molecule has 1 aromatic heterocycles. The van der Waals surface area contributed by atoms with E-state index in [1.807, 2.05) is 18.2 Å². The third-order valence-electron chi connectivity index (χ3n) is 3.65. The zero-order chi connectivity index (χ0) is 14.6. The van der Waals surface area contributed by atoms with Crippen molar-refractivity contribution < 1.29 is 8.42 Å². The molecule has 1 saturated heterocycles. The summed E-state index contributed by atoms with van der Waals surface area (Å²) in [4.78, 5) is 4.17. The Kier molecular flexibility index (Phi) is 5.09. The van der Waals surface area contributed by atoms with Crippen LogP contribution in [0.25, 0.3) is 0 Å². The van der Waals surface area contributed by atoms with Gasteiger partial charge in [0.15, 0.2) is 0 Å². The molecule has 0 saturated carbocycles. The molecule has 2 N–H and O–H groups in total. The summed E-state index contributed by atoms with van der Waals surface area (Å²) in [5, 5.41) is 0. The SMILES string of the molecule is CN(Cc1ccccn1)S(=O)(=O)N1CCCCC1CN. The van der Waals surface area contributed by atoms with Crippen LogP contribution in [-0.2, 0) is 16.8 Å². The summed E-state index contributed by atoms with van der Waals surface area (Å²) in [6.07, 6.45) is 4.44. The highest BCUT2D eigenvalue weighted by molar-refractivity contribution is 7.86. The normalized spacial score (nSPS) is 21.2. The molecule has 1 atom stereocenters. The quantitative estimate of drug-likeness (QED) is 0.862. The van der Waals surface area contributed by atoms with Gasteiger partial charge in [-0.1, -0.05) is 12.5 Å². The summed E-state index contributed by atoms with van der Waals surface area (Å²) in [5.41, 5.74) is 6.44. The second-order valence-corrected chi connectivity index (χ2v) is 7.07. The van der Waals surface area contributed by atoms with Gasteiger partial charge < -0.3 is 5.73 Å². The first-order valence-electron chi connectivity index (χ1n) is 6.89. The molecular weight excluding hydrogens is 276 g/mol. The number of piperidine rings is 1. The second-order valence-electron chi connectivity index (χ2n) is 5.08. The predicted molar refractivity (Wildman–Crippen MR) is 78.0 cm³/mol. The largest absolute Gasteiger partial charge is 0.329 e. The molecule has 1 aromatic rings. The van der Waals surface area contributed by atoms with Crippen LogP contribution in [0.5, 0.6) is 0 Å². The summed E-state index contributed by atoms with van der Waals surface area (Å²) < 4.78 is 28.1. The van der Waals surface area contributed by atoms with Crippen molar-refractivity contribution >= 4 is 10.2 Å². The van der Waals surface area contributed by atoms with Crippen molar-refractivity contribution in [1.82, 2.24) is 13.6 Å². The minimum absolute atomic E-state index is 0.0834. The molecule has 0 bridgehead atoms. The molecule has 1 unspecified atom stereocenters. The van der Waals surface area contributed by atoms with E-state index in [9.17, 15) is 8.42 Å². The molecule has 1 aliphatic heterocycles. The number of pyridine rings is 1. The van der Waals surface area contributed by atoms with Crippen molar-refractivity contribution in [2.24, 2.45) is 5.73 Å². The highest BCUT2D eigenvalue weighted by Crippen LogP contribution is 2.22. The molecular formula is C13H22N4O2S. The van der Waals surface area contributed by atoms with Crippen LogP contribution < -0.4 is 5.73 Å². The number of nitrogens with zero attached hydrogens (tertiary/aromatic N) is 3. The Balaban J connectivity index is 2.12. The van der Waals surface area contributed by atoms with E-state index in [-0.39, 0.29) is 12.6 Å². The van der Waals surface area contributed by atoms with Crippen LogP contribution >= 0.6 is 0 Å². The van der Waals surface area contributed by atoms with Crippen LogP contribution in [0.4, 0.5) is 0 Å². The molecule has 112 valence electrons. The molecule has 0 aliphatic carbocycles. The van der Waals surface area contributed by atoms with E-state index in [1.54, 1.807) is 17.5 Å². The molecule has 7 heteroatoms. The molecule has 0 amide bonds. The molecule has 0 radical (unpaired) electrons. The van der Waals surface area contributed by atoms with E-state index in [0.29, 0.717) is 13.1 Å². The van der Waals surface area contributed by atoms with Crippen LogP contribution in [0.15, 0.2) is 24.4 Å². The molecule has 1 aliphatic rings. The van der Waals surface area contributed by atoms with Crippen molar-refractivity contribution in [2.75, 3.05) is 20.1 Å². The maximum absolute atomic E-state index is 12.6. The Labute approximate surface area is 120 Å². The van der Waals surface area contributed by atoms with Crippen molar-refractivity contribution in [3.63, 3.8) is 0 Å². The lowest BCUT2D eigenvalue weighted by Gasteiger charge is -2.36. The second kappa shape index (κ2) is 6.62. The first-order valence-corrected chi connectivity index (χ1v) is 8.28. The van der Waals surface area contributed by atoms with Crippen LogP contribution in [0.2, 0.25) is 0 Å². The van der Waals surface area contributed by atoms with E-state index in [0.717, 1.165) is 25.0 Å². The van der Waals surface area contributed by atoms with Crippen molar-refractivity contribution in [3.05, 3.63) is 30.1 Å². The summed E-state index contributed by atoms with van der Waals surface area (Å²) in [7, 11) is -1.89. The van der Waals surface area contributed by atoms with Gasteiger partial charge in [0.1, 0.15) is 0 Å². The van der Waals surface area contributed by atoms with Crippen LogP contribution in [0.1, 0.15) is 25.0 Å². The Morgan fingerprint density at radius 1 is 1.45 bits per heavy atom. The molecule has 0 spiro atoms. The van der Waals surface area contributed by atoms with Crippen molar-refractivity contribution in [1.29, 1.82) is 0 Å². The minimum atomic E-state index is -3.47. The van der Waals surface area contributed by atoms with E-state index in [1.165, 1.54) is 4.31 Å². The standard InChI is InChI=1S/C13H22N4O2S/c1-16(11-12-6-2-4-8-15-12)20(18,19)17-9-5-3-7-13(17)10-14/h2,4,6,8,13H,3,5,7,9-11,14H2,1H3. The maximum Gasteiger partial charge on any atom is 0.282 e. The molecule has 2 heterocycles.